The molecule has 26 heavy (non-hydrogen) atoms. The van der Waals surface area contributed by atoms with E-state index in [4.69, 9.17) is 4.74 Å². The van der Waals surface area contributed by atoms with Crippen LogP contribution in [0.25, 0.3) is 0 Å². The molecule has 5 nitrogen and oxygen atoms in total. The Morgan fingerprint density at radius 2 is 1.58 bits per heavy atom. The van der Waals surface area contributed by atoms with Crippen LogP contribution in [0, 0.1) is 0 Å². The summed E-state index contributed by atoms with van der Waals surface area (Å²) in [5.74, 6) is -0.639. The number of rotatable bonds is 6. The normalized spacial score (nSPS) is 10.9. The molecule has 0 fully saturated rings. The largest absolute Gasteiger partial charge is 0.465 e. The topological polar surface area (TPSA) is 67.4 Å². The lowest BCUT2D eigenvalue weighted by atomic mass is 9.86. The van der Waals surface area contributed by atoms with Gasteiger partial charge in [0.15, 0.2) is 0 Å². The molecule has 0 saturated heterocycles. The molecule has 2 aromatic carbocycles. The zero-order valence-electron chi connectivity index (χ0n) is 15.8. The number of anilines is 2. The predicted molar refractivity (Wildman–Crippen MR) is 105 cm³/mol. The van der Waals surface area contributed by atoms with Gasteiger partial charge in [0.1, 0.15) is 0 Å². The number of carbonyl (C=O) groups excluding carboxylic acids is 2. The number of hydrogen-bond acceptors (Lipinski definition) is 4. The third-order valence-corrected chi connectivity index (χ3v) is 4.01. The summed E-state index contributed by atoms with van der Waals surface area (Å²) < 4.78 is 4.74. The maximum absolute atomic E-state index is 12.2. The van der Waals surface area contributed by atoms with Crippen LogP contribution in [0.5, 0.6) is 0 Å². The second-order valence-corrected chi connectivity index (χ2v) is 7.06. The summed E-state index contributed by atoms with van der Waals surface area (Å²) in [5.41, 5.74) is 3.05. The summed E-state index contributed by atoms with van der Waals surface area (Å²) in [6.07, 6.45) is 0.286. The van der Waals surface area contributed by atoms with E-state index in [1.807, 2.05) is 18.2 Å². The van der Waals surface area contributed by atoms with Crippen LogP contribution in [0.3, 0.4) is 0 Å². The molecule has 2 rings (SSSR count). The van der Waals surface area contributed by atoms with Crippen molar-refractivity contribution in [3.63, 3.8) is 0 Å². The minimum Gasteiger partial charge on any atom is -0.465 e. The van der Waals surface area contributed by atoms with E-state index in [-0.39, 0.29) is 17.7 Å². The van der Waals surface area contributed by atoms with Gasteiger partial charge in [-0.05, 0) is 29.2 Å². The first kappa shape index (κ1) is 19.5. The third-order valence-electron chi connectivity index (χ3n) is 4.01. The van der Waals surface area contributed by atoms with Gasteiger partial charge in [0.25, 0.3) is 0 Å². The molecule has 0 spiro atoms. The van der Waals surface area contributed by atoms with Gasteiger partial charge in [-0.25, -0.2) is 4.79 Å². The number of methoxy groups -OCH3 is 1. The van der Waals surface area contributed by atoms with Crippen LogP contribution in [0.15, 0.2) is 48.5 Å². The number of amides is 1. The molecule has 0 aliphatic carbocycles. The second-order valence-electron chi connectivity index (χ2n) is 7.06. The molecule has 0 atom stereocenters. The number of benzene rings is 2. The second kappa shape index (κ2) is 8.52. The van der Waals surface area contributed by atoms with Gasteiger partial charge >= 0.3 is 5.97 Å². The number of nitrogens with one attached hydrogen (secondary N) is 2. The third kappa shape index (κ3) is 5.09. The lowest BCUT2D eigenvalue weighted by Gasteiger charge is -2.23. The SMILES string of the molecule is COC(=O)c1ccccc1NC(=O)CCNc1ccccc1C(C)(C)C. The molecule has 0 radical (unpaired) electrons. The molecular weight excluding hydrogens is 328 g/mol. The Hall–Kier alpha value is -2.82. The van der Waals surface area contributed by atoms with Crippen LogP contribution >= 0.6 is 0 Å². The van der Waals surface area contributed by atoms with E-state index >= 15 is 0 Å². The number of hydrogen-bond donors (Lipinski definition) is 2. The predicted octanol–water partition coefficient (Wildman–Crippen LogP) is 4.21. The molecule has 1 amide bonds. The molecule has 2 aromatic rings. The summed E-state index contributed by atoms with van der Waals surface area (Å²) >= 11 is 0. The maximum Gasteiger partial charge on any atom is 0.339 e. The molecular formula is C21H26N2O3. The van der Waals surface area contributed by atoms with Crippen molar-refractivity contribution in [3.8, 4) is 0 Å². The maximum atomic E-state index is 12.2. The molecule has 0 heterocycles. The molecule has 0 bridgehead atoms. The zero-order valence-corrected chi connectivity index (χ0v) is 15.8. The van der Waals surface area contributed by atoms with Crippen LogP contribution in [-0.4, -0.2) is 25.5 Å². The van der Waals surface area contributed by atoms with Crippen LogP contribution in [0.2, 0.25) is 0 Å². The van der Waals surface area contributed by atoms with Gasteiger partial charge in [-0.3, -0.25) is 4.79 Å². The molecule has 0 unspecified atom stereocenters. The van der Waals surface area contributed by atoms with Gasteiger partial charge in [0.05, 0.1) is 18.4 Å². The summed E-state index contributed by atoms with van der Waals surface area (Å²) in [5, 5.41) is 6.11. The van der Waals surface area contributed by atoms with Crippen molar-refractivity contribution in [2.75, 3.05) is 24.3 Å². The van der Waals surface area contributed by atoms with E-state index < -0.39 is 5.97 Å². The van der Waals surface area contributed by atoms with E-state index in [1.165, 1.54) is 12.7 Å². The van der Waals surface area contributed by atoms with Gasteiger partial charge in [-0.2, -0.15) is 0 Å². The van der Waals surface area contributed by atoms with Crippen LogP contribution in [-0.2, 0) is 14.9 Å². The van der Waals surface area contributed by atoms with Crippen molar-refractivity contribution in [3.05, 3.63) is 59.7 Å². The number of ether oxygens (including phenoxy) is 1. The fourth-order valence-corrected chi connectivity index (χ4v) is 2.69. The summed E-state index contributed by atoms with van der Waals surface area (Å²) in [6, 6.07) is 14.9. The number of para-hydroxylation sites is 2. The van der Waals surface area contributed by atoms with Gasteiger partial charge in [0.2, 0.25) is 5.91 Å². The van der Waals surface area contributed by atoms with E-state index in [0.717, 1.165) is 5.69 Å². The Morgan fingerprint density at radius 1 is 0.962 bits per heavy atom. The Morgan fingerprint density at radius 3 is 2.23 bits per heavy atom. The molecule has 0 saturated carbocycles. The van der Waals surface area contributed by atoms with Crippen LogP contribution in [0.1, 0.15) is 43.1 Å². The van der Waals surface area contributed by atoms with Gasteiger partial charge < -0.3 is 15.4 Å². The van der Waals surface area contributed by atoms with Crippen molar-refractivity contribution in [2.45, 2.75) is 32.6 Å². The fraction of sp³-hybridized carbons (Fsp3) is 0.333. The van der Waals surface area contributed by atoms with Gasteiger partial charge in [-0.1, -0.05) is 51.1 Å². The summed E-state index contributed by atoms with van der Waals surface area (Å²) in [7, 11) is 1.32. The minimum absolute atomic E-state index is 0.0192. The van der Waals surface area contributed by atoms with Crippen LogP contribution in [0.4, 0.5) is 11.4 Å². The smallest absolute Gasteiger partial charge is 0.339 e. The van der Waals surface area contributed by atoms with Crippen molar-refractivity contribution < 1.29 is 14.3 Å². The molecule has 5 heteroatoms. The number of carbonyl (C=O) groups is 2. The highest BCUT2D eigenvalue weighted by molar-refractivity contribution is 6.01. The summed E-state index contributed by atoms with van der Waals surface area (Å²) in [6.45, 7) is 6.97. The quantitative estimate of drug-likeness (QED) is 0.763. The van der Waals surface area contributed by atoms with Crippen molar-refractivity contribution in [1.29, 1.82) is 0 Å². The molecule has 0 aliphatic heterocycles. The first-order valence-corrected chi connectivity index (χ1v) is 8.63. The fourth-order valence-electron chi connectivity index (χ4n) is 2.69. The van der Waals surface area contributed by atoms with E-state index in [0.29, 0.717) is 17.8 Å². The molecule has 2 N–H and O–H groups in total. The monoisotopic (exact) mass is 354 g/mol. The van der Waals surface area contributed by atoms with Crippen LogP contribution < -0.4 is 10.6 Å². The van der Waals surface area contributed by atoms with E-state index in [2.05, 4.69) is 37.5 Å². The van der Waals surface area contributed by atoms with Crippen molar-refractivity contribution >= 4 is 23.3 Å². The van der Waals surface area contributed by atoms with E-state index in [9.17, 15) is 9.59 Å². The Labute approximate surface area is 154 Å². The van der Waals surface area contributed by atoms with Crippen molar-refractivity contribution in [2.24, 2.45) is 0 Å². The lowest BCUT2D eigenvalue weighted by molar-refractivity contribution is -0.115. The number of esters is 1. The van der Waals surface area contributed by atoms with Crippen molar-refractivity contribution in [1.82, 2.24) is 0 Å². The lowest BCUT2D eigenvalue weighted by Crippen LogP contribution is -2.20. The zero-order chi connectivity index (χ0) is 19.2. The highest BCUT2D eigenvalue weighted by Gasteiger charge is 2.17. The van der Waals surface area contributed by atoms with Gasteiger partial charge in [0, 0.05) is 18.7 Å². The highest BCUT2D eigenvalue weighted by Crippen LogP contribution is 2.29. The molecule has 0 aromatic heterocycles. The minimum atomic E-state index is -0.474. The summed E-state index contributed by atoms with van der Waals surface area (Å²) in [4.78, 5) is 24.0. The Bertz CT molecular complexity index is 779. The average Bonchev–Trinajstić information content (AvgIpc) is 2.61. The highest BCUT2D eigenvalue weighted by atomic mass is 16.5. The van der Waals surface area contributed by atoms with E-state index in [1.54, 1.807) is 24.3 Å². The molecule has 0 aliphatic rings. The Balaban J connectivity index is 1.96. The first-order valence-electron chi connectivity index (χ1n) is 8.63. The standard InChI is InChI=1S/C21H26N2O3/c1-21(2,3)16-10-6-8-12-18(16)22-14-13-19(24)23-17-11-7-5-9-15(17)20(25)26-4/h5-12,22H,13-14H2,1-4H3,(H,23,24). The Kier molecular flexibility index (Phi) is 6.39. The van der Waals surface area contributed by atoms with Gasteiger partial charge in [-0.15, -0.1) is 0 Å². The average molecular weight is 354 g/mol. The first-order chi connectivity index (χ1) is 12.3. The molecule has 138 valence electrons.